The Morgan fingerprint density at radius 2 is 2.00 bits per heavy atom. The molecule has 0 radical (unpaired) electrons. The van der Waals surface area contributed by atoms with Gasteiger partial charge in [-0.15, -0.1) is 0 Å². The van der Waals surface area contributed by atoms with Gasteiger partial charge < -0.3 is 15.2 Å². The highest BCUT2D eigenvalue weighted by Gasteiger charge is 2.38. The van der Waals surface area contributed by atoms with Crippen LogP contribution in [0, 0.1) is 12.8 Å². The number of benzene rings is 2. The molecular formula is C21H21NO3. The number of anilines is 1. The van der Waals surface area contributed by atoms with Gasteiger partial charge in [-0.25, -0.2) is 4.79 Å². The third-order valence-corrected chi connectivity index (χ3v) is 5.39. The zero-order valence-corrected chi connectivity index (χ0v) is 14.3. The minimum absolute atomic E-state index is 0.155. The molecule has 0 amide bonds. The Balaban J connectivity index is 1.75. The minimum atomic E-state index is -0.894. The van der Waals surface area contributed by atoms with Crippen LogP contribution in [-0.4, -0.2) is 18.2 Å². The van der Waals surface area contributed by atoms with Gasteiger partial charge >= 0.3 is 5.97 Å². The fourth-order valence-corrected chi connectivity index (χ4v) is 4.12. The Bertz CT molecular complexity index is 854. The number of carboxylic acids is 1. The summed E-state index contributed by atoms with van der Waals surface area (Å²) >= 11 is 0. The minimum Gasteiger partial charge on any atom is -0.496 e. The van der Waals surface area contributed by atoms with Crippen molar-refractivity contribution in [3.05, 3.63) is 70.8 Å². The largest absolute Gasteiger partial charge is 0.496 e. The second kappa shape index (κ2) is 5.96. The van der Waals surface area contributed by atoms with E-state index in [9.17, 15) is 4.79 Å². The fourth-order valence-electron chi connectivity index (χ4n) is 4.12. The maximum atomic E-state index is 11.1. The van der Waals surface area contributed by atoms with E-state index in [-0.39, 0.29) is 6.04 Å². The van der Waals surface area contributed by atoms with E-state index in [0.717, 1.165) is 29.0 Å². The van der Waals surface area contributed by atoms with Crippen molar-refractivity contribution < 1.29 is 14.6 Å². The van der Waals surface area contributed by atoms with Crippen LogP contribution in [0.4, 0.5) is 5.69 Å². The lowest BCUT2D eigenvalue weighted by Crippen LogP contribution is -2.29. The molecule has 1 aliphatic heterocycles. The predicted octanol–water partition coefficient (Wildman–Crippen LogP) is 4.53. The average Bonchev–Trinajstić information content (AvgIpc) is 3.11. The van der Waals surface area contributed by atoms with Crippen molar-refractivity contribution in [1.29, 1.82) is 0 Å². The summed E-state index contributed by atoms with van der Waals surface area (Å²) < 4.78 is 5.48. The van der Waals surface area contributed by atoms with Crippen molar-refractivity contribution in [3.8, 4) is 5.75 Å². The number of fused-ring (bicyclic) bond motifs is 3. The molecule has 2 aromatic rings. The quantitative estimate of drug-likeness (QED) is 0.809. The summed E-state index contributed by atoms with van der Waals surface area (Å²) in [7, 11) is 1.69. The number of hydrogen-bond acceptors (Lipinski definition) is 3. The fraction of sp³-hybridized carbons (Fsp3) is 0.286. The Morgan fingerprint density at radius 1 is 1.24 bits per heavy atom. The molecule has 4 nitrogen and oxygen atoms in total. The van der Waals surface area contributed by atoms with E-state index in [2.05, 4.69) is 36.5 Å². The molecule has 0 bridgehead atoms. The molecule has 0 unspecified atom stereocenters. The number of ether oxygens (including phenoxy) is 1. The highest BCUT2D eigenvalue weighted by molar-refractivity contribution is 5.87. The first kappa shape index (κ1) is 15.8. The van der Waals surface area contributed by atoms with E-state index >= 15 is 0 Å². The van der Waals surface area contributed by atoms with Crippen LogP contribution < -0.4 is 10.1 Å². The number of carbonyl (C=O) groups is 1. The molecule has 2 N–H and O–H groups in total. The second-order valence-electron chi connectivity index (χ2n) is 6.81. The summed E-state index contributed by atoms with van der Waals surface area (Å²) in [4.78, 5) is 11.1. The molecule has 0 spiro atoms. The Hall–Kier alpha value is -2.75. The van der Waals surface area contributed by atoms with Crippen molar-refractivity contribution in [2.24, 2.45) is 5.92 Å². The van der Waals surface area contributed by atoms with E-state index in [1.165, 1.54) is 5.56 Å². The first-order valence-electron chi connectivity index (χ1n) is 8.53. The highest BCUT2D eigenvalue weighted by atomic mass is 16.5. The zero-order chi connectivity index (χ0) is 17.6. The number of methoxy groups -OCH3 is 1. The van der Waals surface area contributed by atoms with Crippen molar-refractivity contribution in [2.75, 3.05) is 12.4 Å². The third-order valence-electron chi connectivity index (χ3n) is 5.39. The number of carboxylic acid groups (broad SMARTS) is 1. The summed E-state index contributed by atoms with van der Waals surface area (Å²) in [5.74, 6) is 0.807. The Kier molecular flexibility index (Phi) is 3.75. The number of hydrogen-bond donors (Lipinski definition) is 2. The van der Waals surface area contributed by atoms with Crippen LogP contribution in [0.25, 0.3) is 0 Å². The topological polar surface area (TPSA) is 58.6 Å². The number of aryl methyl sites for hydroxylation is 1. The summed E-state index contributed by atoms with van der Waals surface area (Å²) in [5, 5.41) is 12.8. The molecule has 128 valence electrons. The third kappa shape index (κ3) is 2.58. The van der Waals surface area contributed by atoms with Gasteiger partial charge in [0, 0.05) is 17.7 Å². The zero-order valence-electron chi connectivity index (χ0n) is 14.3. The monoisotopic (exact) mass is 335 g/mol. The van der Waals surface area contributed by atoms with E-state index < -0.39 is 5.97 Å². The van der Waals surface area contributed by atoms with Crippen molar-refractivity contribution in [3.63, 3.8) is 0 Å². The van der Waals surface area contributed by atoms with Gasteiger partial charge in [0.05, 0.1) is 18.7 Å². The number of nitrogens with one attached hydrogen (secondary N) is 1. The summed E-state index contributed by atoms with van der Waals surface area (Å²) in [6.07, 6.45) is 5.58. The van der Waals surface area contributed by atoms with Crippen LogP contribution in [0.5, 0.6) is 5.75 Å². The maximum absolute atomic E-state index is 11.1. The summed E-state index contributed by atoms with van der Waals surface area (Å²) in [5.41, 5.74) is 5.00. The van der Waals surface area contributed by atoms with Gasteiger partial charge in [0.25, 0.3) is 0 Å². The molecular weight excluding hydrogens is 314 g/mol. The van der Waals surface area contributed by atoms with E-state index in [0.29, 0.717) is 17.4 Å². The summed E-state index contributed by atoms with van der Waals surface area (Å²) in [6.45, 7) is 2.07. The lowest BCUT2D eigenvalue weighted by molar-refractivity contribution is 0.0697. The molecule has 2 aliphatic rings. The van der Waals surface area contributed by atoms with Crippen LogP contribution in [0.15, 0.2) is 48.6 Å². The molecule has 0 aromatic heterocycles. The van der Waals surface area contributed by atoms with Gasteiger partial charge in [0.1, 0.15) is 5.75 Å². The Morgan fingerprint density at radius 3 is 2.68 bits per heavy atom. The van der Waals surface area contributed by atoms with E-state index in [1.54, 1.807) is 19.2 Å². The van der Waals surface area contributed by atoms with Crippen LogP contribution >= 0.6 is 0 Å². The van der Waals surface area contributed by atoms with Gasteiger partial charge in [-0.1, -0.05) is 24.3 Å². The molecule has 3 atom stereocenters. The van der Waals surface area contributed by atoms with Crippen molar-refractivity contribution in [1.82, 2.24) is 0 Å². The van der Waals surface area contributed by atoms with Gasteiger partial charge in [0.15, 0.2) is 0 Å². The van der Waals surface area contributed by atoms with E-state index in [1.807, 2.05) is 12.1 Å². The standard InChI is InChI=1S/C21H21NO3/c1-12-10-17-15-4-3-5-16(15)20(22-18(17)11-19(12)25-2)13-6-8-14(9-7-13)21(23)24/h3-4,6-11,15-16,20,22H,5H2,1-2H3,(H,23,24)/t15-,16+,20+/m1/s1. The predicted molar refractivity (Wildman–Crippen MR) is 97.5 cm³/mol. The molecule has 4 rings (SSSR count). The van der Waals surface area contributed by atoms with Crippen molar-refractivity contribution >= 4 is 11.7 Å². The number of rotatable bonds is 3. The number of allylic oxidation sites excluding steroid dienone is 2. The summed E-state index contributed by atoms with van der Waals surface area (Å²) in [6, 6.07) is 11.7. The van der Waals surface area contributed by atoms with Crippen LogP contribution in [-0.2, 0) is 0 Å². The number of aromatic carboxylic acids is 1. The van der Waals surface area contributed by atoms with Crippen LogP contribution in [0.2, 0.25) is 0 Å². The van der Waals surface area contributed by atoms with Gasteiger partial charge in [-0.2, -0.15) is 0 Å². The van der Waals surface area contributed by atoms with Gasteiger partial charge in [-0.3, -0.25) is 0 Å². The van der Waals surface area contributed by atoms with E-state index in [4.69, 9.17) is 9.84 Å². The SMILES string of the molecule is COc1cc2c(cc1C)[C@@H]1C=CC[C@@H]1[C@H](c1ccc(C(=O)O)cc1)N2. The first-order chi connectivity index (χ1) is 12.1. The molecule has 25 heavy (non-hydrogen) atoms. The molecule has 0 fully saturated rings. The van der Waals surface area contributed by atoms with Gasteiger partial charge in [0.2, 0.25) is 0 Å². The van der Waals surface area contributed by atoms with Gasteiger partial charge in [-0.05, 0) is 54.2 Å². The van der Waals surface area contributed by atoms with Crippen molar-refractivity contribution in [2.45, 2.75) is 25.3 Å². The van der Waals surface area contributed by atoms with Crippen LogP contribution in [0.3, 0.4) is 0 Å². The normalized spacial score (nSPS) is 23.5. The lowest BCUT2D eigenvalue weighted by atomic mass is 9.76. The molecule has 1 aliphatic carbocycles. The molecule has 0 saturated heterocycles. The molecule has 2 aromatic carbocycles. The average molecular weight is 335 g/mol. The highest BCUT2D eigenvalue weighted by Crippen LogP contribution is 2.50. The smallest absolute Gasteiger partial charge is 0.335 e. The molecule has 4 heteroatoms. The molecule has 1 heterocycles. The van der Waals surface area contributed by atoms with Crippen LogP contribution in [0.1, 0.15) is 45.4 Å². The second-order valence-corrected chi connectivity index (χ2v) is 6.81. The molecule has 0 saturated carbocycles. The lowest BCUT2D eigenvalue weighted by Gasteiger charge is -2.38. The first-order valence-corrected chi connectivity index (χ1v) is 8.53. The maximum Gasteiger partial charge on any atom is 0.335 e. The Labute approximate surface area is 147 Å².